The van der Waals surface area contributed by atoms with Gasteiger partial charge in [-0.2, -0.15) is 4.52 Å². The summed E-state index contributed by atoms with van der Waals surface area (Å²) in [4.78, 5) is 12.4. The average molecular weight is 486 g/mol. The van der Waals surface area contributed by atoms with E-state index >= 15 is 0 Å². The predicted molar refractivity (Wildman–Crippen MR) is 129 cm³/mol. The first-order chi connectivity index (χ1) is 17.7. The molecule has 0 saturated carbocycles. The predicted octanol–water partition coefficient (Wildman–Crippen LogP) is 3.27. The van der Waals surface area contributed by atoms with Crippen molar-refractivity contribution in [1.29, 1.82) is 0 Å². The van der Waals surface area contributed by atoms with Crippen molar-refractivity contribution < 1.29 is 23.5 Å². The molecule has 0 unspecified atom stereocenters. The zero-order valence-electron chi connectivity index (χ0n) is 19.5. The second kappa shape index (κ2) is 10.1. The molecule has 1 N–H and O–H groups in total. The number of amides is 1. The maximum absolute atomic E-state index is 12.4. The highest BCUT2D eigenvalue weighted by atomic mass is 16.5. The third-order valence-corrected chi connectivity index (χ3v) is 5.32. The number of nitrogens with one attached hydrogen (secondary N) is 1. The largest absolute Gasteiger partial charge is 0.493 e. The van der Waals surface area contributed by atoms with Gasteiger partial charge < -0.3 is 24.1 Å². The minimum atomic E-state index is -0.359. The number of carbonyl (C=O) groups excluding carboxylic acids is 1. The molecule has 182 valence electrons. The third kappa shape index (κ3) is 4.67. The molecule has 0 atom stereocenters. The van der Waals surface area contributed by atoms with Gasteiger partial charge in [0.15, 0.2) is 34.4 Å². The number of fused-ring (bicyclic) bond motifs is 1. The summed E-state index contributed by atoms with van der Waals surface area (Å²) >= 11 is 0. The summed E-state index contributed by atoms with van der Waals surface area (Å²) in [6.45, 7) is 0.443. The van der Waals surface area contributed by atoms with Crippen molar-refractivity contribution in [3.8, 4) is 40.1 Å². The topological polar surface area (TPSA) is 126 Å². The highest BCUT2D eigenvalue weighted by Crippen LogP contribution is 2.31. The number of aromatic nitrogens is 5. The van der Waals surface area contributed by atoms with Gasteiger partial charge in [-0.25, -0.2) is 0 Å². The number of benzene rings is 2. The molecule has 0 bridgehead atoms. The molecule has 3 heterocycles. The number of carbonyl (C=O) groups is 1. The summed E-state index contributed by atoms with van der Waals surface area (Å²) < 4.78 is 23.3. The van der Waals surface area contributed by atoms with Crippen LogP contribution in [-0.2, 0) is 0 Å². The lowest BCUT2D eigenvalue weighted by atomic mass is 10.1. The van der Waals surface area contributed by atoms with Gasteiger partial charge in [0.25, 0.3) is 5.91 Å². The van der Waals surface area contributed by atoms with Crippen molar-refractivity contribution in [3.05, 3.63) is 72.4 Å². The van der Waals surface area contributed by atoms with Crippen molar-refractivity contribution in [2.75, 3.05) is 27.4 Å². The highest BCUT2D eigenvalue weighted by Gasteiger charge is 2.15. The van der Waals surface area contributed by atoms with Gasteiger partial charge in [-0.05, 0) is 24.3 Å². The standard InChI is InChI=1S/C25H22N6O5/c1-33-19-9-8-17(14-21(19)34-2)24-28-27-22-10-11-23(29-31(22)24)35-13-12-26-25(32)18-15-20(36-30-18)16-6-4-3-5-7-16/h3-11,14-15H,12-13H2,1-2H3,(H,26,32). The van der Waals surface area contributed by atoms with Crippen LogP contribution in [0, 0.1) is 0 Å². The molecule has 11 nitrogen and oxygen atoms in total. The lowest BCUT2D eigenvalue weighted by Crippen LogP contribution is -2.28. The van der Waals surface area contributed by atoms with Crippen molar-refractivity contribution in [2.24, 2.45) is 0 Å². The average Bonchev–Trinajstić information content (AvgIpc) is 3.59. The molecule has 0 spiro atoms. The van der Waals surface area contributed by atoms with Crippen molar-refractivity contribution in [1.82, 2.24) is 30.3 Å². The Balaban J connectivity index is 1.22. The molecule has 36 heavy (non-hydrogen) atoms. The Morgan fingerprint density at radius 2 is 1.78 bits per heavy atom. The van der Waals surface area contributed by atoms with E-state index in [2.05, 4.69) is 25.8 Å². The van der Waals surface area contributed by atoms with E-state index < -0.39 is 0 Å². The SMILES string of the molecule is COc1ccc(-c2nnc3ccc(OCCNC(=O)c4cc(-c5ccccc5)on4)nn23)cc1OC. The quantitative estimate of drug-likeness (QED) is 0.312. The van der Waals surface area contributed by atoms with Gasteiger partial charge in [-0.3, -0.25) is 4.79 Å². The number of ether oxygens (including phenoxy) is 3. The lowest BCUT2D eigenvalue weighted by molar-refractivity contribution is 0.0937. The molecule has 2 aromatic carbocycles. The first kappa shape index (κ1) is 22.8. The van der Waals surface area contributed by atoms with Crippen LogP contribution in [0.25, 0.3) is 28.4 Å². The number of methoxy groups -OCH3 is 2. The molecule has 3 aromatic heterocycles. The van der Waals surface area contributed by atoms with E-state index in [0.717, 1.165) is 11.1 Å². The molecular formula is C25H22N6O5. The summed E-state index contributed by atoms with van der Waals surface area (Å²) in [5, 5.41) is 19.5. The first-order valence-corrected chi connectivity index (χ1v) is 11.0. The first-order valence-electron chi connectivity index (χ1n) is 11.0. The van der Waals surface area contributed by atoms with Crippen LogP contribution in [0.15, 0.2) is 71.3 Å². The molecule has 0 aliphatic carbocycles. The second-order valence-corrected chi connectivity index (χ2v) is 7.58. The molecule has 0 aliphatic rings. The Kier molecular flexibility index (Phi) is 6.43. The van der Waals surface area contributed by atoms with E-state index in [0.29, 0.717) is 34.6 Å². The maximum Gasteiger partial charge on any atom is 0.273 e. The van der Waals surface area contributed by atoms with E-state index in [4.69, 9.17) is 18.7 Å². The fourth-order valence-electron chi connectivity index (χ4n) is 3.54. The normalized spacial score (nSPS) is 10.8. The van der Waals surface area contributed by atoms with Gasteiger partial charge >= 0.3 is 0 Å². The van der Waals surface area contributed by atoms with Crippen molar-refractivity contribution in [3.63, 3.8) is 0 Å². The van der Waals surface area contributed by atoms with Crippen LogP contribution in [0.4, 0.5) is 0 Å². The van der Waals surface area contributed by atoms with Crippen LogP contribution >= 0.6 is 0 Å². The second-order valence-electron chi connectivity index (χ2n) is 7.58. The molecule has 5 rings (SSSR count). The van der Waals surface area contributed by atoms with Gasteiger partial charge in [-0.15, -0.1) is 15.3 Å². The number of hydrogen-bond donors (Lipinski definition) is 1. The van der Waals surface area contributed by atoms with Gasteiger partial charge in [0, 0.05) is 23.3 Å². The molecule has 11 heteroatoms. The molecule has 5 aromatic rings. The molecule has 1 amide bonds. The monoisotopic (exact) mass is 486 g/mol. The van der Waals surface area contributed by atoms with Gasteiger partial charge in [0.1, 0.15) is 6.61 Å². The summed E-state index contributed by atoms with van der Waals surface area (Å²) in [5.41, 5.74) is 2.34. The smallest absolute Gasteiger partial charge is 0.273 e. The summed E-state index contributed by atoms with van der Waals surface area (Å²) in [5.74, 6) is 2.21. The van der Waals surface area contributed by atoms with Crippen LogP contribution < -0.4 is 19.5 Å². The molecule has 0 fully saturated rings. The van der Waals surface area contributed by atoms with Crippen LogP contribution in [0.5, 0.6) is 17.4 Å². The number of nitrogens with zero attached hydrogens (tertiary/aromatic N) is 5. The maximum atomic E-state index is 12.4. The Hall–Kier alpha value is -4.93. The van der Waals surface area contributed by atoms with Crippen molar-refractivity contribution >= 4 is 11.6 Å². The fraction of sp³-hybridized carbons (Fsp3) is 0.160. The molecule has 0 saturated heterocycles. The summed E-state index contributed by atoms with van der Waals surface area (Å²) in [6, 6.07) is 19.9. The molecule has 0 radical (unpaired) electrons. The van der Waals surface area contributed by atoms with Crippen LogP contribution in [0.3, 0.4) is 0 Å². The number of rotatable bonds is 9. The van der Waals surface area contributed by atoms with E-state index in [1.54, 1.807) is 49.1 Å². The lowest BCUT2D eigenvalue weighted by Gasteiger charge is -2.09. The van der Waals surface area contributed by atoms with E-state index in [9.17, 15) is 4.79 Å². The Morgan fingerprint density at radius 1 is 0.944 bits per heavy atom. The minimum Gasteiger partial charge on any atom is -0.493 e. The van der Waals surface area contributed by atoms with Crippen LogP contribution in [0.1, 0.15) is 10.5 Å². The van der Waals surface area contributed by atoms with Crippen LogP contribution in [0.2, 0.25) is 0 Å². The molecular weight excluding hydrogens is 464 g/mol. The zero-order valence-corrected chi connectivity index (χ0v) is 19.5. The fourth-order valence-corrected chi connectivity index (χ4v) is 3.54. The van der Waals surface area contributed by atoms with Crippen LogP contribution in [-0.4, -0.2) is 58.2 Å². The van der Waals surface area contributed by atoms with Gasteiger partial charge in [0.2, 0.25) is 5.88 Å². The number of hydrogen-bond acceptors (Lipinski definition) is 9. The third-order valence-electron chi connectivity index (χ3n) is 5.32. The van der Waals surface area contributed by atoms with E-state index in [1.165, 1.54) is 0 Å². The zero-order chi connectivity index (χ0) is 24.9. The Morgan fingerprint density at radius 3 is 2.58 bits per heavy atom. The van der Waals surface area contributed by atoms with Gasteiger partial charge in [-0.1, -0.05) is 35.5 Å². The minimum absolute atomic E-state index is 0.192. The van der Waals surface area contributed by atoms with E-state index in [-0.39, 0.29) is 24.8 Å². The molecule has 0 aliphatic heterocycles. The summed E-state index contributed by atoms with van der Waals surface area (Å²) in [6.07, 6.45) is 0. The summed E-state index contributed by atoms with van der Waals surface area (Å²) in [7, 11) is 3.14. The Labute approximate surface area is 205 Å². The Bertz CT molecular complexity index is 1500. The van der Waals surface area contributed by atoms with E-state index in [1.807, 2.05) is 36.4 Å². The highest BCUT2D eigenvalue weighted by molar-refractivity contribution is 5.93. The van der Waals surface area contributed by atoms with Crippen molar-refractivity contribution in [2.45, 2.75) is 0 Å². The van der Waals surface area contributed by atoms with Gasteiger partial charge in [0.05, 0.1) is 20.8 Å².